The molecule has 0 spiro atoms. The van der Waals surface area contributed by atoms with Gasteiger partial charge in [0.05, 0.1) is 5.60 Å². The van der Waals surface area contributed by atoms with E-state index >= 15 is 0 Å². The van der Waals surface area contributed by atoms with Gasteiger partial charge in [0.2, 0.25) is 0 Å². The fraction of sp³-hybridized carbons (Fsp3) is 0.857. The summed E-state index contributed by atoms with van der Waals surface area (Å²) in [6.45, 7) is 6.89. The molecule has 0 saturated carbocycles. The summed E-state index contributed by atoms with van der Waals surface area (Å²) < 4.78 is 0. The van der Waals surface area contributed by atoms with Gasteiger partial charge >= 0.3 is 12.0 Å². The number of aliphatic hydroxyl groups is 1. The number of nitrogens with zero attached hydrogens (tertiary/aromatic N) is 2. The van der Waals surface area contributed by atoms with Crippen molar-refractivity contribution in [3.05, 3.63) is 0 Å². The van der Waals surface area contributed by atoms with Gasteiger partial charge in [-0.25, -0.2) is 4.79 Å². The van der Waals surface area contributed by atoms with Crippen LogP contribution in [0.25, 0.3) is 0 Å². The maximum Gasteiger partial charge on any atom is 0.323 e. The Kier molecular flexibility index (Phi) is 5.80. The summed E-state index contributed by atoms with van der Waals surface area (Å²) in [7, 11) is 0. The third-order valence-electron chi connectivity index (χ3n) is 3.52. The highest BCUT2D eigenvalue weighted by Crippen LogP contribution is 2.22. The number of amides is 2. The molecule has 2 N–H and O–H groups in total. The number of carbonyl (C=O) groups is 2. The number of aliphatic carboxylic acids is 1. The van der Waals surface area contributed by atoms with Gasteiger partial charge in [-0.15, -0.1) is 0 Å². The Morgan fingerprint density at radius 3 is 2.50 bits per heavy atom. The van der Waals surface area contributed by atoms with Gasteiger partial charge in [-0.3, -0.25) is 4.79 Å². The molecular formula is C14H26N2O4. The number of hydrogen-bond donors (Lipinski definition) is 2. The Morgan fingerprint density at radius 1 is 1.30 bits per heavy atom. The van der Waals surface area contributed by atoms with Crippen molar-refractivity contribution in [1.29, 1.82) is 0 Å². The highest BCUT2D eigenvalue weighted by atomic mass is 16.4. The molecule has 0 radical (unpaired) electrons. The third kappa shape index (κ3) is 5.36. The highest BCUT2D eigenvalue weighted by Gasteiger charge is 2.29. The SMILES string of the molecule is CC(C)CN(CC(=O)O)C(=O)N1CCCC(C)(O)CC1. The van der Waals surface area contributed by atoms with Crippen LogP contribution in [-0.4, -0.2) is 63.8 Å². The predicted octanol–water partition coefficient (Wildman–Crippen LogP) is 1.39. The molecule has 0 aliphatic carbocycles. The smallest absolute Gasteiger partial charge is 0.323 e. The first-order valence-corrected chi connectivity index (χ1v) is 7.19. The van der Waals surface area contributed by atoms with Crippen molar-refractivity contribution in [3.8, 4) is 0 Å². The normalized spacial score (nSPS) is 23.6. The monoisotopic (exact) mass is 286 g/mol. The van der Waals surface area contributed by atoms with E-state index in [0.29, 0.717) is 32.5 Å². The molecule has 2 amide bonds. The summed E-state index contributed by atoms with van der Waals surface area (Å²) in [6, 6.07) is -0.237. The summed E-state index contributed by atoms with van der Waals surface area (Å²) in [5.41, 5.74) is -0.731. The molecule has 1 aliphatic heterocycles. The topological polar surface area (TPSA) is 81.1 Å². The van der Waals surface area contributed by atoms with E-state index in [9.17, 15) is 14.7 Å². The Morgan fingerprint density at radius 2 is 1.95 bits per heavy atom. The van der Waals surface area contributed by atoms with Crippen molar-refractivity contribution < 1.29 is 19.8 Å². The van der Waals surface area contributed by atoms with Crippen LogP contribution in [0.5, 0.6) is 0 Å². The van der Waals surface area contributed by atoms with Crippen molar-refractivity contribution in [2.24, 2.45) is 5.92 Å². The minimum atomic E-state index is -0.999. The molecule has 1 aliphatic rings. The maximum absolute atomic E-state index is 12.4. The second-order valence-corrected chi connectivity index (χ2v) is 6.29. The number of carbonyl (C=O) groups excluding carboxylic acids is 1. The first-order chi connectivity index (χ1) is 9.21. The zero-order valence-electron chi connectivity index (χ0n) is 12.6. The summed E-state index contributed by atoms with van der Waals surface area (Å²) in [6.07, 6.45) is 1.93. The van der Waals surface area contributed by atoms with Crippen molar-refractivity contribution >= 4 is 12.0 Å². The fourth-order valence-electron chi connectivity index (χ4n) is 2.47. The highest BCUT2D eigenvalue weighted by molar-refractivity contribution is 5.80. The minimum Gasteiger partial charge on any atom is -0.480 e. The van der Waals surface area contributed by atoms with E-state index < -0.39 is 11.6 Å². The lowest BCUT2D eigenvalue weighted by atomic mass is 9.98. The molecule has 1 unspecified atom stereocenters. The molecule has 20 heavy (non-hydrogen) atoms. The number of likely N-dealkylation sites (tertiary alicyclic amines) is 1. The number of rotatable bonds is 4. The molecule has 0 aromatic rings. The number of hydrogen-bond acceptors (Lipinski definition) is 3. The lowest BCUT2D eigenvalue weighted by Gasteiger charge is -2.30. The van der Waals surface area contributed by atoms with Gasteiger partial charge in [0.1, 0.15) is 6.54 Å². The number of carboxylic acids is 1. The first-order valence-electron chi connectivity index (χ1n) is 7.19. The van der Waals surface area contributed by atoms with Crippen LogP contribution >= 0.6 is 0 Å². The van der Waals surface area contributed by atoms with Crippen LogP contribution in [0, 0.1) is 5.92 Å². The van der Waals surface area contributed by atoms with Crippen LogP contribution in [0.1, 0.15) is 40.0 Å². The van der Waals surface area contributed by atoms with E-state index in [1.54, 1.807) is 11.8 Å². The molecule has 6 nitrogen and oxygen atoms in total. The zero-order valence-corrected chi connectivity index (χ0v) is 12.6. The molecule has 0 aromatic carbocycles. The average Bonchev–Trinajstić information content (AvgIpc) is 2.47. The zero-order chi connectivity index (χ0) is 15.3. The number of carboxylic acid groups (broad SMARTS) is 1. The minimum absolute atomic E-state index is 0.216. The predicted molar refractivity (Wildman–Crippen MR) is 75.5 cm³/mol. The Bertz CT molecular complexity index is 355. The first kappa shape index (κ1) is 16.8. The van der Waals surface area contributed by atoms with E-state index in [0.717, 1.165) is 6.42 Å². The molecule has 1 atom stereocenters. The molecule has 1 rings (SSSR count). The summed E-state index contributed by atoms with van der Waals surface area (Å²) in [5, 5.41) is 19.0. The van der Waals surface area contributed by atoms with E-state index in [2.05, 4.69) is 0 Å². The molecule has 1 fully saturated rings. The summed E-state index contributed by atoms with van der Waals surface area (Å²) in [4.78, 5) is 26.4. The van der Waals surface area contributed by atoms with Crippen LogP contribution in [0.2, 0.25) is 0 Å². The maximum atomic E-state index is 12.4. The van der Waals surface area contributed by atoms with Gasteiger partial charge in [-0.05, 0) is 32.1 Å². The van der Waals surface area contributed by atoms with Gasteiger partial charge in [0.15, 0.2) is 0 Å². The second kappa shape index (κ2) is 6.92. The summed E-state index contributed by atoms with van der Waals surface area (Å²) in [5.74, 6) is -0.783. The van der Waals surface area contributed by atoms with Gasteiger partial charge in [-0.1, -0.05) is 13.8 Å². The van der Waals surface area contributed by atoms with Crippen LogP contribution in [0.3, 0.4) is 0 Å². The van der Waals surface area contributed by atoms with Crippen molar-refractivity contribution in [1.82, 2.24) is 9.80 Å². The van der Waals surface area contributed by atoms with Crippen LogP contribution in [0.4, 0.5) is 4.79 Å². The Labute approximate surface area is 120 Å². The quantitative estimate of drug-likeness (QED) is 0.818. The molecule has 116 valence electrons. The average molecular weight is 286 g/mol. The van der Waals surface area contributed by atoms with Crippen molar-refractivity contribution in [2.75, 3.05) is 26.2 Å². The van der Waals surface area contributed by atoms with Gasteiger partial charge < -0.3 is 20.0 Å². The Balaban J connectivity index is 2.70. The Hall–Kier alpha value is -1.30. The molecule has 0 bridgehead atoms. The fourth-order valence-corrected chi connectivity index (χ4v) is 2.47. The largest absolute Gasteiger partial charge is 0.480 e. The lowest BCUT2D eigenvalue weighted by Crippen LogP contribution is -2.47. The van der Waals surface area contributed by atoms with Crippen molar-refractivity contribution in [2.45, 2.75) is 45.6 Å². The molecule has 1 heterocycles. The van der Waals surface area contributed by atoms with Gasteiger partial charge in [-0.2, -0.15) is 0 Å². The molecule has 1 saturated heterocycles. The van der Waals surface area contributed by atoms with Crippen LogP contribution in [0.15, 0.2) is 0 Å². The van der Waals surface area contributed by atoms with E-state index in [-0.39, 0.29) is 18.5 Å². The third-order valence-corrected chi connectivity index (χ3v) is 3.52. The lowest BCUT2D eigenvalue weighted by molar-refractivity contribution is -0.137. The standard InChI is InChI=1S/C14H26N2O4/c1-11(2)9-16(10-12(17)18)13(19)15-7-4-5-14(3,20)6-8-15/h11,20H,4-10H2,1-3H3,(H,17,18). The number of urea groups is 1. The van der Waals surface area contributed by atoms with E-state index in [1.807, 2.05) is 13.8 Å². The van der Waals surface area contributed by atoms with Crippen LogP contribution in [-0.2, 0) is 4.79 Å². The van der Waals surface area contributed by atoms with Gasteiger partial charge in [0.25, 0.3) is 0 Å². The van der Waals surface area contributed by atoms with Crippen molar-refractivity contribution in [3.63, 3.8) is 0 Å². The second-order valence-electron chi connectivity index (χ2n) is 6.29. The molecule has 0 aromatic heterocycles. The van der Waals surface area contributed by atoms with Gasteiger partial charge in [0, 0.05) is 19.6 Å². The van der Waals surface area contributed by atoms with E-state index in [1.165, 1.54) is 4.90 Å². The molecular weight excluding hydrogens is 260 g/mol. The molecule has 6 heteroatoms. The van der Waals surface area contributed by atoms with Crippen LogP contribution < -0.4 is 0 Å². The summed E-state index contributed by atoms with van der Waals surface area (Å²) >= 11 is 0. The van der Waals surface area contributed by atoms with E-state index in [4.69, 9.17) is 5.11 Å².